The standard InChI is InChI=1S/C22H28N4O2/c1-14-5-7-18(8-6-14)22(27)25-10-9-20-19(13-25)21(24-17(4)23-20)26-11-15(2)28-16(3)12-26/h5-8,15-16H,9-13H2,1-4H3/t15-,16-/m0/s1. The molecule has 0 N–H and O–H groups in total. The van der Waals surface area contributed by atoms with E-state index in [0.717, 1.165) is 53.5 Å². The molecule has 2 aliphatic rings. The molecule has 0 radical (unpaired) electrons. The summed E-state index contributed by atoms with van der Waals surface area (Å²) in [6, 6.07) is 7.79. The molecular weight excluding hydrogens is 352 g/mol. The topological polar surface area (TPSA) is 58.6 Å². The molecular formula is C22H28N4O2. The number of ether oxygens (including phenoxy) is 1. The maximum Gasteiger partial charge on any atom is 0.254 e. The molecule has 0 aliphatic carbocycles. The SMILES string of the molecule is Cc1ccc(C(=O)N2CCc3nc(C)nc(N4C[C@H](C)O[C@@H](C)C4)c3C2)cc1. The Hall–Kier alpha value is -2.47. The average molecular weight is 380 g/mol. The second-order valence-electron chi connectivity index (χ2n) is 8.02. The molecule has 6 heteroatoms. The van der Waals surface area contributed by atoms with Crippen molar-refractivity contribution in [2.24, 2.45) is 0 Å². The molecule has 6 nitrogen and oxygen atoms in total. The van der Waals surface area contributed by atoms with Crippen LogP contribution in [0, 0.1) is 13.8 Å². The van der Waals surface area contributed by atoms with Crippen LogP contribution in [0.3, 0.4) is 0 Å². The van der Waals surface area contributed by atoms with Crippen molar-refractivity contribution in [2.45, 2.75) is 52.9 Å². The molecule has 2 aliphatic heterocycles. The number of morpholine rings is 1. The normalized spacial score (nSPS) is 22.1. The summed E-state index contributed by atoms with van der Waals surface area (Å²) in [4.78, 5) is 26.7. The zero-order valence-corrected chi connectivity index (χ0v) is 17.1. The van der Waals surface area contributed by atoms with E-state index >= 15 is 0 Å². The number of nitrogens with zero attached hydrogens (tertiary/aromatic N) is 4. The number of aromatic nitrogens is 2. The van der Waals surface area contributed by atoms with Gasteiger partial charge in [-0.15, -0.1) is 0 Å². The van der Waals surface area contributed by atoms with Crippen LogP contribution in [0.15, 0.2) is 24.3 Å². The van der Waals surface area contributed by atoms with Crippen molar-refractivity contribution in [3.05, 3.63) is 52.5 Å². The van der Waals surface area contributed by atoms with E-state index in [9.17, 15) is 4.79 Å². The number of carbonyl (C=O) groups is 1. The number of amides is 1. The highest BCUT2D eigenvalue weighted by molar-refractivity contribution is 5.94. The van der Waals surface area contributed by atoms with Crippen LogP contribution in [0.4, 0.5) is 5.82 Å². The van der Waals surface area contributed by atoms with E-state index in [2.05, 4.69) is 23.7 Å². The second kappa shape index (κ2) is 7.51. The zero-order chi connectivity index (χ0) is 19.8. The fourth-order valence-corrected chi connectivity index (χ4v) is 4.18. The minimum absolute atomic E-state index is 0.0703. The van der Waals surface area contributed by atoms with Crippen LogP contribution in [-0.2, 0) is 17.7 Å². The summed E-state index contributed by atoms with van der Waals surface area (Å²) < 4.78 is 5.89. The minimum atomic E-state index is 0.0703. The number of hydrogen-bond acceptors (Lipinski definition) is 5. The molecule has 3 heterocycles. The molecule has 2 atom stereocenters. The van der Waals surface area contributed by atoms with Crippen LogP contribution in [-0.4, -0.2) is 52.6 Å². The number of fused-ring (bicyclic) bond motifs is 1. The van der Waals surface area contributed by atoms with Gasteiger partial charge in [-0.3, -0.25) is 4.79 Å². The van der Waals surface area contributed by atoms with E-state index in [0.29, 0.717) is 13.1 Å². The fourth-order valence-electron chi connectivity index (χ4n) is 4.18. The summed E-state index contributed by atoms with van der Waals surface area (Å²) >= 11 is 0. The van der Waals surface area contributed by atoms with Crippen molar-refractivity contribution in [1.29, 1.82) is 0 Å². The van der Waals surface area contributed by atoms with Crippen LogP contribution in [0.25, 0.3) is 0 Å². The van der Waals surface area contributed by atoms with E-state index in [1.165, 1.54) is 0 Å². The maximum absolute atomic E-state index is 13.0. The van der Waals surface area contributed by atoms with Crippen molar-refractivity contribution in [2.75, 3.05) is 24.5 Å². The Labute approximate surface area is 166 Å². The van der Waals surface area contributed by atoms with Crippen molar-refractivity contribution in [3.63, 3.8) is 0 Å². The highest BCUT2D eigenvalue weighted by Crippen LogP contribution is 2.29. The van der Waals surface area contributed by atoms with Crippen molar-refractivity contribution in [3.8, 4) is 0 Å². The summed E-state index contributed by atoms with van der Waals surface area (Å²) in [5.41, 5.74) is 4.04. The predicted molar refractivity (Wildman–Crippen MR) is 109 cm³/mol. The van der Waals surface area contributed by atoms with E-state index < -0.39 is 0 Å². The van der Waals surface area contributed by atoms with Gasteiger partial charge in [-0.25, -0.2) is 9.97 Å². The van der Waals surface area contributed by atoms with Crippen LogP contribution < -0.4 is 4.90 Å². The van der Waals surface area contributed by atoms with Gasteiger partial charge in [0.1, 0.15) is 11.6 Å². The van der Waals surface area contributed by atoms with Crippen LogP contribution in [0.1, 0.15) is 46.9 Å². The number of aryl methyl sites for hydroxylation is 2. The van der Waals surface area contributed by atoms with Gasteiger partial charge in [-0.2, -0.15) is 0 Å². The minimum Gasteiger partial charge on any atom is -0.372 e. The molecule has 0 saturated carbocycles. The third kappa shape index (κ3) is 3.74. The maximum atomic E-state index is 13.0. The van der Waals surface area contributed by atoms with Gasteiger partial charge in [0.05, 0.1) is 24.4 Å². The van der Waals surface area contributed by atoms with Gasteiger partial charge in [0.15, 0.2) is 0 Å². The van der Waals surface area contributed by atoms with Gasteiger partial charge >= 0.3 is 0 Å². The van der Waals surface area contributed by atoms with Crippen LogP contribution in [0.2, 0.25) is 0 Å². The summed E-state index contributed by atoms with van der Waals surface area (Å²) in [6.07, 6.45) is 1.07. The number of rotatable bonds is 2. The molecule has 1 aromatic carbocycles. The number of benzene rings is 1. The van der Waals surface area contributed by atoms with Gasteiger partial charge < -0.3 is 14.5 Å². The van der Waals surface area contributed by atoms with E-state index in [4.69, 9.17) is 9.72 Å². The largest absolute Gasteiger partial charge is 0.372 e. The van der Waals surface area contributed by atoms with Crippen molar-refractivity contribution in [1.82, 2.24) is 14.9 Å². The highest BCUT2D eigenvalue weighted by atomic mass is 16.5. The quantitative estimate of drug-likeness (QED) is 0.802. The van der Waals surface area contributed by atoms with Crippen molar-refractivity contribution < 1.29 is 9.53 Å². The lowest BCUT2D eigenvalue weighted by Gasteiger charge is -2.38. The molecule has 2 aromatic rings. The van der Waals surface area contributed by atoms with Gasteiger partial charge in [0.25, 0.3) is 5.91 Å². The number of carbonyl (C=O) groups excluding carboxylic acids is 1. The first-order valence-corrected chi connectivity index (χ1v) is 10.0. The van der Waals surface area contributed by atoms with Crippen molar-refractivity contribution >= 4 is 11.7 Å². The average Bonchev–Trinajstić information content (AvgIpc) is 2.66. The lowest BCUT2D eigenvalue weighted by molar-refractivity contribution is -0.00560. The van der Waals surface area contributed by atoms with Gasteiger partial charge in [0.2, 0.25) is 0 Å². The summed E-state index contributed by atoms with van der Waals surface area (Å²) in [7, 11) is 0. The molecule has 1 aromatic heterocycles. The second-order valence-corrected chi connectivity index (χ2v) is 8.02. The van der Waals surface area contributed by atoms with E-state index in [1.807, 2.05) is 43.0 Å². The molecule has 1 amide bonds. The van der Waals surface area contributed by atoms with Crippen LogP contribution in [0.5, 0.6) is 0 Å². The van der Waals surface area contributed by atoms with E-state index in [-0.39, 0.29) is 18.1 Å². The molecule has 1 saturated heterocycles. The Bertz CT molecular complexity index is 871. The summed E-state index contributed by atoms with van der Waals surface area (Å²) in [5, 5.41) is 0. The number of hydrogen-bond donors (Lipinski definition) is 0. The Morgan fingerprint density at radius 2 is 1.75 bits per heavy atom. The van der Waals surface area contributed by atoms with Gasteiger partial charge in [-0.05, 0) is 39.8 Å². The summed E-state index contributed by atoms with van der Waals surface area (Å²) in [5.74, 6) is 1.82. The molecule has 0 spiro atoms. The molecule has 148 valence electrons. The highest BCUT2D eigenvalue weighted by Gasteiger charge is 2.30. The Morgan fingerprint density at radius 3 is 2.43 bits per heavy atom. The molecule has 0 bridgehead atoms. The molecule has 1 fully saturated rings. The Balaban J connectivity index is 1.63. The monoisotopic (exact) mass is 380 g/mol. The molecule has 4 rings (SSSR count). The van der Waals surface area contributed by atoms with Crippen LogP contribution >= 0.6 is 0 Å². The lowest BCUT2D eigenvalue weighted by atomic mass is 10.0. The first kappa shape index (κ1) is 18.9. The third-order valence-corrected chi connectivity index (χ3v) is 5.46. The first-order chi connectivity index (χ1) is 13.4. The third-order valence-electron chi connectivity index (χ3n) is 5.46. The lowest BCUT2D eigenvalue weighted by Crippen LogP contribution is -2.47. The fraction of sp³-hybridized carbons (Fsp3) is 0.500. The molecule has 0 unspecified atom stereocenters. The van der Waals surface area contributed by atoms with E-state index in [1.54, 1.807) is 0 Å². The zero-order valence-electron chi connectivity index (χ0n) is 17.1. The Kier molecular flexibility index (Phi) is 5.06. The van der Waals surface area contributed by atoms with Gasteiger partial charge in [0, 0.05) is 37.2 Å². The smallest absolute Gasteiger partial charge is 0.254 e. The number of anilines is 1. The Morgan fingerprint density at radius 1 is 1.07 bits per heavy atom. The van der Waals surface area contributed by atoms with Gasteiger partial charge in [-0.1, -0.05) is 17.7 Å². The first-order valence-electron chi connectivity index (χ1n) is 10.0. The summed E-state index contributed by atoms with van der Waals surface area (Å²) in [6.45, 7) is 11.0. The predicted octanol–water partition coefficient (Wildman–Crippen LogP) is 2.91. The molecule has 28 heavy (non-hydrogen) atoms.